The largest absolute Gasteiger partial charge is 0.321 e. The van der Waals surface area contributed by atoms with E-state index in [4.69, 9.17) is 11.6 Å². The average Bonchev–Trinajstić information content (AvgIpc) is 2.43. The van der Waals surface area contributed by atoms with E-state index < -0.39 is 0 Å². The normalized spacial score (nSPS) is 10.3. The Morgan fingerprint density at radius 3 is 2.63 bits per heavy atom. The Bertz CT molecular complexity index is 599. The van der Waals surface area contributed by atoms with Crippen molar-refractivity contribution >= 4 is 39.1 Å². The third-order valence-corrected chi connectivity index (χ3v) is 3.81. The summed E-state index contributed by atoms with van der Waals surface area (Å²) >= 11 is 9.06. The van der Waals surface area contributed by atoms with Crippen molar-refractivity contribution in [1.29, 1.82) is 0 Å². The molecule has 0 unspecified atom stereocenters. The fourth-order valence-electron chi connectivity index (χ4n) is 1.58. The van der Waals surface area contributed by atoms with Crippen molar-refractivity contribution in [1.82, 2.24) is 4.98 Å². The number of anilines is 1. The number of hydrogen-bond acceptors (Lipinski definition) is 2. The zero-order valence-electron chi connectivity index (χ0n) is 10.3. The molecule has 19 heavy (non-hydrogen) atoms. The molecular weight excluding hydrogens is 328 g/mol. The molecule has 0 bridgehead atoms. The van der Waals surface area contributed by atoms with Crippen LogP contribution in [0, 0.1) is 0 Å². The van der Waals surface area contributed by atoms with Gasteiger partial charge in [0.25, 0.3) is 5.91 Å². The van der Waals surface area contributed by atoms with Gasteiger partial charge in [0.2, 0.25) is 0 Å². The van der Waals surface area contributed by atoms with E-state index in [2.05, 4.69) is 33.2 Å². The number of carbonyl (C=O) groups excluding carboxylic acids is 1. The summed E-state index contributed by atoms with van der Waals surface area (Å²) in [6, 6.07) is 9.24. The lowest BCUT2D eigenvalue weighted by Crippen LogP contribution is -2.12. The van der Waals surface area contributed by atoms with Crippen LogP contribution in [-0.4, -0.2) is 10.9 Å². The lowest BCUT2D eigenvalue weighted by atomic mass is 10.1. The van der Waals surface area contributed by atoms with Gasteiger partial charge >= 0.3 is 0 Å². The van der Waals surface area contributed by atoms with Gasteiger partial charge in [-0.05, 0) is 46.1 Å². The van der Waals surface area contributed by atoms with E-state index in [1.54, 1.807) is 6.07 Å². The molecule has 0 saturated carbocycles. The van der Waals surface area contributed by atoms with Crippen molar-refractivity contribution in [2.45, 2.75) is 13.3 Å². The summed E-state index contributed by atoms with van der Waals surface area (Å²) in [5.41, 5.74) is 2.41. The Labute approximate surface area is 125 Å². The van der Waals surface area contributed by atoms with Crippen molar-refractivity contribution in [2.24, 2.45) is 0 Å². The van der Waals surface area contributed by atoms with Gasteiger partial charge in [-0.3, -0.25) is 4.79 Å². The highest BCUT2D eigenvalue weighted by molar-refractivity contribution is 9.10. The van der Waals surface area contributed by atoms with Crippen LogP contribution >= 0.6 is 27.5 Å². The number of pyridine rings is 1. The second-order valence-corrected chi connectivity index (χ2v) is 5.21. The van der Waals surface area contributed by atoms with Crippen LogP contribution in [0.15, 0.2) is 41.0 Å². The second kappa shape index (κ2) is 6.17. The molecule has 1 aromatic heterocycles. The molecule has 0 spiro atoms. The molecule has 0 fully saturated rings. The summed E-state index contributed by atoms with van der Waals surface area (Å²) in [4.78, 5) is 16.0. The van der Waals surface area contributed by atoms with Crippen LogP contribution in [0.2, 0.25) is 5.15 Å². The van der Waals surface area contributed by atoms with Gasteiger partial charge in [-0.15, -0.1) is 0 Å². The minimum Gasteiger partial charge on any atom is -0.321 e. The quantitative estimate of drug-likeness (QED) is 0.847. The molecule has 1 N–H and O–H groups in total. The average molecular weight is 340 g/mol. The Hall–Kier alpha value is -1.39. The number of benzene rings is 1. The first-order chi connectivity index (χ1) is 9.10. The van der Waals surface area contributed by atoms with Gasteiger partial charge < -0.3 is 5.32 Å². The minimum absolute atomic E-state index is 0.168. The maximum Gasteiger partial charge on any atom is 0.255 e. The second-order valence-electron chi connectivity index (χ2n) is 4.00. The predicted molar refractivity (Wildman–Crippen MR) is 80.7 cm³/mol. The van der Waals surface area contributed by atoms with Crippen LogP contribution in [0.3, 0.4) is 0 Å². The van der Waals surface area contributed by atoms with E-state index in [0.29, 0.717) is 20.9 Å². The molecular formula is C14H12BrClN2O. The molecule has 3 nitrogen and oxygen atoms in total. The summed E-state index contributed by atoms with van der Waals surface area (Å²) in [5, 5.41) is 3.14. The van der Waals surface area contributed by atoms with Gasteiger partial charge in [0.1, 0.15) is 5.15 Å². The highest BCUT2D eigenvalue weighted by atomic mass is 79.9. The van der Waals surface area contributed by atoms with Crippen LogP contribution < -0.4 is 5.32 Å². The van der Waals surface area contributed by atoms with Gasteiger partial charge in [-0.25, -0.2) is 4.98 Å². The van der Waals surface area contributed by atoms with Crippen LogP contribution in [0.5, 0.6) is 0 Å². The van der Waals surface area contributed by atoms with E-state index in [0.717, 1.165) is 6.42 Å². The number of aromatic nitrogens is 1. The lowest BCUT2D eigenvalue weighted by Gasteiger charge is -2.06. The third kappa shape index (κ3) is 3.55. The maximum absolute atomic E-state index is 12.0. The first kappa shape index (κ1) is 14.0. The smallest absolute Gasteiger partial charge is 0.255 e. The summed E-state index contributed by atoms with van der Waals surface area (Å²) in [6.07, 6.45) is 2.47. The van der Waals surface area contributed by atoms with Gasteiger partial charge in [-0.1, -0.05) is 30.7 Å². The number of nitrogens with one attached hydrogen (secondary N) is 1. The first-order valence-electron chi connectivity index (χ1n) is 5.81. The number of hydrogen-bond donors (Lipinski definition) is 1. The van der Waals surface area contributed by atoms with Crippen molar-refractivity contribution in [2.75, 3.05) is 5.32 Å². The summed E-state index contributed by atoms with van der Waals surface area (Å²) in [5.74, 6) is -0.168. The molecule has 0 atom stereocenters. The molecule has 1 amide bonds. The molecule has 0 radical (unpaired) electrons. The molecule has 0 aliphatic heterocycles. The number of carbonyl (C=O) groups is 1. The number of halogens is 2. The maximum atomic E-state index is 12.0. The SMILES string of the molecule is CCc1ccc(C(=O)Nc2cnc(Cl)c(Br)c2)cc1. The van der Waals surface area contributed by atoms with E-state index in [1.807, 2.05) is 24.3 Å². The number of nitrogens with zero attached hydrogens (tertiary/aromatic N) is 1. The van der Waals surface area contributed by atoms with Crippen molar-refractivity contribution in [3.8, 4) is 0 Å². The summed E-state index contributed by atoms with van der Waals surface area (Å²) in [6.45, 7) is 2.08. The molecule has 5 heteroatoms. The molecule has 1 heterocycles. The minimum atomic E-state index is -0.168. The Morgan fingerprint density at radius 1 is 1.37 bits per heavy atom. The monoisotopic (exact) mass is 338 g/mol. The Kier molecular flexibility index (Phi) is 4.56. The fourth-order valence-corrected chi connectivity index (χ4v) is 2.04. The van der Waals surface area contributed by atoms with Gasteiger partial charge in [-0.2, -0.15) is 0 Å². The van der Waals surface area contributed by atoms with Gasteiger partial charge in [0.05, 0.1) is 16.4 Å². The standard InChI is InChI=1S/C14H12BrClN2O/c1-2-9-3-5-10(6-4-9)14(19)18-11-7-12(15)13(16)17-8-11/h3-8H,2H2,1H3,(H,18,19). The highest BCUT2D eigenvalue weighted by Crippen LogP contribution is 2.23. The van der Waals surface area contributed by atoms with E-state index in [-0.39, 0.29) is 5.91 Å². The molecule has 2 rings (SSSR count). The molecule has 0 aliphatic carbocycles. The Balaban J connectivity index is 2.13. The van der Waals surface area contributed by atoms with E-state index >= 15 is 0 Å². The van der Waals surface area contributed by atoms with Crippen molar-refractivity contribution in [3.63, 3.8) is 0 Å². The number of aryl methyl sites for hydroxylation is 1. The van der Waals surface area contributed by atoms with Crippen molar-refractivity contribution in [3.05, 3.63) is 57.3 Å². The fraction of sp³-hybridized carbons (Fsp3) is 0.143. The van der Waals surface area contributed by atoms with Gasteiger partial charge in [0, 0.05) is 5.56 Å². The highest BCUT2D eigenvalue weighted by Gasteiger charge is 2.07. The number of rotatable bonds is 3. The third-order valence-electron chi connectivity index (χ3n) is 2.68. The van der Waals surface area contributed by atoms with Crippen LogP contribution in [0.25, 0.3) is 0 Å². The van der Waals surface area contributed by atoms with Crippen LogP contribution in [0.4, 0.5) is 5.69 Å². The molecule has 98 valence electrons. The van der Waals surface area contributed by atoms with Crippen molar-refractivity contribution < 1.29 is 4.79 Å². The summed E-state index contributed by atoms with van der Waals surface area (Å²) < 4.78 is 0.647. The number of amides is 1. The van der Waals surface area contributed by atoms with Gasteiger partial charge in [0.15, 0.2) is 0 Å². The molecule has 1 aromatic carbocycles. The zero-order valence-corrected chi connectivity index (χ0v) is 12.6. The summed E-state index contributed by atoms with van der Waals surface area (Å²) in [7, 11) is 0. The molecule has 2 aromatic rings. The molecule has 0 aliphatic rings. The topological polar surface area (TPSA) is 42.0 Å². The van der Waals surface area contributed by atoms with Crippen LogP contribution in [0.1, 0.15) is 22.8 Å². The predicted octanol–water partition coefficient (Wildman–Crippen LogP) is 4.31. The van der Waals surface area contributed by atoms with E-state index in [9.17, 15) is 4.79 Å². The van der Waals surface area contributed by atoms with Crippen LogP contribution in [-0.2, 0) is 6.42 Å². The molecule has 0 saturated heterocycles. The Morgan fingerprint density at radius 2 is 2.05 bits per heavy atom. The first-order valence-corrected chi connectivity index (χ1v) is 6.98. The van der Waals surface area contributed by atoms with E-state index in [1.165, 1.54) is 11.8 Å². The lowest BCUT2D eigenvalue weighted by molar-refractivity contribution is 0.102. The zero-order chi connectivity index (χ0) is 13.8.